The highest BCUT2D eigenvalue weighted by atomic mass is 32.1. The quantitative estimate of drug-likeness (QED) is 0.815. The molecule has 0 radical (unpaired) electrons. The van der Waals surface area contributed by atoms with Gasteiger partial charge in [-0.25, -0.2) is 9.78 Å². The first-order valence-electron chi connectivity index (χ1n) is 5.75. The van der Waals surface area contributed by atoms with Gasteiger partial charge >= 0.3 is 5.97 Å². The summed E-state index contributed by atoms with van der Waals surface area (Å²) in [6.07, 6.45) is -0.583. The van der Waals surface area contributed by atoms with Crippen molar-refractivity contribution in [3.05, 3.63) is 16.1 Å². The predicted molar refractivity (Wildman–Crippen MR) is 66.4 cm³/mol. The van der Waals surface area contributed by atoms with Crippen molar-refractivity contribution in [3.8, 4) is 0 Å². The Hall–Kier alpha value is -1.51. The molecule has 19 heavy (non-hydrogen) atoms. The van der Waals surface area contributed by atoms with E-state index in [9.17, 15) is 9.59 Å². The van der Waals surface area contributed by atoms with E-state index in [1.165, 1.54) is 10.3 Å². The molecule has 0 saturated carbocycles. The molecule has 1 aliphatic rings. The van der Waals surface area contributed by atoms with Crippen LogP contribution in [0.25, 0.3) is 0 Å². The molecule has 2 unspecified atom stereocenters. The summed E-state index contributed by atoms with van der Waals surface area (Å²) in [4.78, 5) is 28.2. The van der Waals surface area contributed by atoms with Crippen molar-refractivity contribution in [1.29, 1.82) is 0 Å². The molecule has 1 fully saturated rings. The number of hydrogen-bond donors (Lipinski definition) is 2. The summed E-state index contributed by atoms with van der Waals surface area (Å²) in [6, 6.07) is 0. The number of ether oxygens (including phenoxy) is 1. The van der Waals surface area contributed by atoms with Crippen LogP contribution in [-0.2, 0) is 4.74 Å². The number of carbonyl (C=O) groups is 2. The topological polar surface area (TPSA) is 100.0 Å². The van der Waals surface area contributed by atoms with E-state index in [0.29, 0.717) is 6.54 Å². The standard InChI is InChI=1S/C11H14N2O5S/c1-6-2-13(3-7(4-14)18-6)10(15)9-12-8(5-19-9)11(16)17/h5-7,14H,2-4H2,1H3,(H,16,17). The Morgan fingerprint density at radius 3 is 2.89 bits per heavy atom. The summed E-state index contributed by atoms with van der Waals surface area (Å²) in [5, 5.41) is 19.4. The molecule has 2 rings (SSSR count). The summed E-state index contributed by atoms with van der Waals surface area (Å²) < 4.78 is 5.44. The molecule has 1 saturated heterocycles. The minimum absolute atomic E-state index is 0.131. The maximum absolute atomic E-state index is 12.2. The number of morpholine rings is 1. The van der Waals surface area contributed by atoms with Crippen molar-refractivity contribution in [2.24, 2.45) is 0 Å². The van der Waals surface area contributed by atoms with Gasteiger partial charge in [-0.3, -0.25) is 4.79 Å². The lowest BCUT2D eigenvalue weighted by molar-refractivity contribution is -0.0858. The lowest BCUT2D eigenvalue weighted by Gasteiger charge is -2.35. The molecule has 0 aromatic carbocycles. The van der Waals surface area contributed by atoms with Gasteiger partial charge < -0.3 is 19.8 Å². The lowest BCUT2D eigenvalue weighted by atomic mass is 10.2. The maximum Gasteiger partial charge on any atom is 0.355 e. The van der Waals surface area contributed by atoms with Crippen LogP contribution in [0.15, 0.2) is 5.38 Å². The maximum atomic E-state index is 12.2. The minimum Gasteiger partial charge on any atom is -0.476 e. The zero-order valence-electron chi connectivity index (χ0n) is 10.3. The van der Waals surface area contributed by atoms with E-state index in [1.807, 2.05) is 6.92 Å². The number of amides is 1. The summed E-state index contributed by atoms with van der Waals surface area (Å²) >= 11 is 1.00. The van der Waals surface area contributed by atoms with Crippen LogP contribution in [0.5, 0.6) is 0 Å². The van der Waals surface area contributed by atoms with Gasteiger partial charge in [-0.15, -0.1) is 11.3 Å². The second-order valence-corrected chi connectivity index (χ2v) is 5.16. The average Bonchev–Trinajstić information content (AvgIpc) is 2.86. The van der Waals surface area contributed by atoms with E-state index < -0.39 is 12.1 Å². The van der Waals surface area contributed by atoms with Crippen molar-refractivity contribution in [2.75, 3.05) is 19.7 Å². The van der Waals surface area contributed by atoms with Crippen LogP contribution < -0.4 is 0 Å². The second-order valence-electron chi connectivity index (χ2n) is 4.30. The Morgan fingerprint density at radius 1 is 1.58 bits per heavy atom. The van der Waals surface area contributed by atoms with Gasteiger partial charge in [-0.05, 0) is 6.92 Å². The van der Waals surface area contributed by atoms with E-state index in [0.717, 1.165) is 11.3 Å². The van der Waals surface area contributed by atoms with Gasteiger partial charge in [0.15, 0.2) is 10.7 Å². The van der Waals surface area contributed by atoms with E-state index >= 15 is 0 Å². The highest BCUT2D eigenvalue weighted by molar-refractivity contribution is 7.11. The van der Waals surface area contributed by atoms with Crippen LogP contribution in [0.4, 0.5) is 0 Å². The average molecular weight is 286 g/mol. The summed E-state index contributed by atoms with van der Waals surface area (Å²) in [7, 11) is 0. The number of carboxylic acids is 1. The molecule has 1 amide bonds. The first kappa shape index (κ1) is 13.9. The third-order valence-electron chi connectivity index (χ3n) is 2.72. The number of rotatable bonds is 3. The molecule has 1 aliphatic heterocycles. The number of aliphatic hydroxyl groups is 1. The predicted octanol–water partition coefficient (Wildman–Crippen LogP) is 0.0631. The Labute approximate surface area is 113 Å². The molecule has 0 spiro atoms. The first-order valence-corrected chi connectivity index (χ1v) is 6.63. The molecule has 2 atom stereocenters. The van der Waals surface area contributed by atoms with Gasteiger partial charge in [-0.1, -0.05) is 0 Å². The van der Waals surface area contributed by atoms with E-state index in [-0.39, 0.29) is 35.9 Å². The van der Waals surface area contributed by atoms with Crippen molar-refractivity contribution < 1.29 is 24.5 Å². The molecule has 0 aliphatic carbocycles. The van der Waals surface area contributed by atoms with E-state index in [1.54, 1.807) is 0 Å². The molecular weight excluding hydrogens is 272 g/mol. The highest BCUT2D eigenvalue weighted by Gasteiger charge is 2.30. The van der Waals surface area contributed by atoms with Gasteiger partial charge in [0, 0.05) is 18.5 Å². The molecule has 7 nitrogen and oxygen atoms in total. The van der Waals surface area contributed by atoms with Gasteiger partial charge in [0.05, 0.1) is 18.8 Å². The number of thiazole rings is 1. The third-order valence-corrected chi connectivity index (χ3v) is 3.55. The van der Waals surface area contributed by atoms with Crippen LogP contribution in [0.3, 0.4) is 0 Å². The highest BCUT2D eigenvalue weighted by Crippen LogP contribution is 2.17. The first-order chi connectivity index (χ1) is 9.01. The number of aromatic nitrogens is 1. The van der Waals surface area contributed by atoms with Gasteiger partial charge in [0.2, 0.25) is 0 Å². The van der Waals surface area contributed by atoms with E-state index in [2.05, 4.69) is 4.98 Å². The Balaban J connectivity index is 2.11. The van der Waals surface area contributed by atoms with Crippen LogP contribution in [-0.4, -0.2) is 63.9 Å². The zero-order valence-corrected chi connectivity index (χ0v) is 11.1. The number of carbonyl (C=O) groups excluding carboxylic acids is 1. The van der Waals surface area contributed by atoms with Crippen LogP contribution >= 0.6 is 11.3 Å². The molecule has 104 valence electrons. The van der Waals surface area contributed by atoms with Crippen LogP contribution in [0.2, 0.25) is 0 Å². The third kappa shape index (κ3) is 3.09. The van der Waals surface area contributed by atoms with Crippen molar-refractivity contribution in [2.45, 2.75) is 19.1 Å². The van der Waals surface area contributed by atoms with Gasteiger partial charge in [0.1, 0.15) is 0 Å². The largest absolute Gasteiger partial charge is 0.476 e. The Bertz CT molecular complexity index is 489. The number of hydrogen-bond acceptors (Lipinski definition) is 6. The number of carboxylic acid groups (broad SMARTS) is 1. The van der Waals surface area contributed by atoms with Crippen LogP contribution in [0, 0.1) is 0 Å². The SMILES string of the molecule is CC1CN(C(=O)c2nc(C(=O)O)cs2)CC(CO)O1. The monoisotopic (exact) mass is 286 g/mol. The number of aliphatic hydroxyl groups excluding tert-OH is 1. The molecular formula is C11H14N2O5S. The Kier molecular flexibility index (Phi) is 4.13. The fraction of sp³-hybridized carbons (Fsp3) is 0.545. The fourth-order valence-electron chi connectivity index (χ4n) is 1.92. The molecule has 8 heteroatoms. The molecule has 2 N–H and O–H groups in total. The zero-order chi connectivity index (χ0) is 14.0. The van der Waals surface area contributed by atoms with Gasteiger partial charge in [-0.2, -0.15) is 0 Å². The van der Waals surface area contributed by atoms with Crippen molar-refractivity contribution in [1.82, 2.24) is 9.88 Å². The molecule has 1 aromatic heterocycles. The minimum atomic E-state index is -1.15. The second kappa shape index (κ2) is 5.64. The number of aromatic carboxylic acids is 1. The van der Waals surface area contributed by atoms with Gasteiger partial charge in [0.25, 0.3) is 5.91 Å². The summed E-state index contributed by atoms with van der Waals surface area (Å²) in [5.74, 6) is -1.48. The van der Waals surface area contributed by atoms with Crippen molar-refractivity contribution >= 4 is 23.2 Å². The smallest absolute Gasteiger partial charge is 0.355 e. The molecule has 1 aromatic rings. The summed E-state index contributed by atoms with van der Waals surface area (Å²) in [6.45, 7) is 2.33. The number of nitrogens with zero attached hydrogens (tertiary/aromatic N) is 2. The fourth-order valence-corrected chi connectivity index (χ4v) is 2.68. The van der Waals surface area contributed by atoms with Crippen molar-refractivity contribution in [3.63, 3.8) is 0 Å². The van der Waals surface area contributed by atoms with Crippen LogP contribution in [0.1, 0.15) is 27.2 Å². The normalized spacial score (nSPS) is 23.4. The summed E-state index contributed by atoms with van der Waals surface area (Å²) in [5.41, 5.74) is -0.131. The van der Waals surface area contributed by atoms with E-state index in [4.69, 9.17) is 14.9 Å². The Morgan fingerprint density at radius 2 is 2.32 bits per heavy atom. The lowest BCUT2D eigenvalue weighted by Crippen LogP contribution is -2.50. The molecule has 0 bridgehead atoms. The molecule has 2 heterocycles.